The summed E-state index contributed by atoms with van der Waals surface area (Å²) in [5.74, 6) is -2.67. The SMILES string of the molecule is O=S(=O)(c1ccc(F)c(F)c1)N1CCN(c2ccccc2F)CC1. The summed E-state index contributed by atoms with van der Waals surface area (Å²) in [6.07, 6.45) is 0. The van der Waals surface area contributed by atoms with Crippen LogP contribution in [0.1, 0.15) is 0 Å². The van der Waals surface area contributed by atoms with Crippen LogP contribution in [0.2, 0.25) is 0 Å². The van der Waals surface area contributed by atoms with Crippen LogP contribution >= 0.6 is 0 Å². The van der Waals surface area contributed by atoms with E-state index in [4.69, 9.17) is 0 Å². The molecule has 8 heteroatoms. The summed E-state index contributed by atoms with van der Waals surface area (Å²) in [6.45, 7) is 0.888. The Hall–Kier alpha value is -2.06. The lowest BCUT2D eigenvalue weighted by molar-refractivity contribution is 0.382. The molecule has 1 heterocycles. The molecule has 1 fully saturated rings. The molecule has 128 valence electrons. The van der Waals surface area contributed by atoms with Crippen LogP contribution in [0.15, 0.2) is 47.4 Å². The fourth-order valence-electron chi connectivity index (χ4n) is 2.66. The highest BCUT2D eigenvalue weighted by atomic mass is 32.2. The highest BCUT2D eigenvalue weighted by Gasteiger charge is 2.29. The third-order valence-electron chi connectivity index (χ3n) is 3.96. The van der Waals surface area contributed by atoms with Gasteiger partial charge < -0.3 is 4.90 Å². The zero-order chi connectivity index (χ0) is 17.3. The molecule has 0 unspecified atom stereocenters. The maximum atomic E-state index is 13.8. The second kappa shape index (κ2) is 6.45. The topological polar surface area (TPSA) is 40.6 Å². The maximum Gasteiger partial charge on any atom is 0.243 e. The van der Waals surface area contributed by atoms with E-state index in [0.717, 1.165) is 12.1 Å². The first-order chi connectivity index (χ1) is 11.4. The van der Waals surface area contributed by atoms with Crippen LogP contribution in [-0.2, 0) is 10.0 Å². The van der Waals surface area contributed by atoms with Gasteiger partial charge in [0.05, 0.1) is 10.6 Å². The van der Waals surface area contributed by atoms with Gasteiger partial charge in [-0.25, -0.2) is 21.6 Å². The van der Waals surface area contributed by atoms with Crippen LogP contribution in [0.25, 0.3) is 0 Å². The maximum absolute atomic E-state index is 13.8. The molecule has 1 aliphatic rings. The summed E-state index contributed by atoms with van der Waals surface area (Å²) in [7, 11) is -3.91. The van der Waals surface area contributed by atoms with Crippen molar-refractivity contribution in [1.29, 1.82) is 0 Å². The summed E-state index contributed by atoms with van der Waals surface area (Å²) >= 11 is 0. The van der Waals surface area contributed by atoms with Gasteiger partial charge in [-0.3, -0.25) is 0 Å². The van der Waals surface area contributed by atoms with Crippen LogP contribution in [0, 0.1) is 17.5 Å². The van der Waals surface area contributed by atoms with E-state index >= 15 is 0 Å². The standard InChI is InChI=1S/C16H15F3N2O2S/c17-13-6-5-12(11-15(13)19)24(22,23)21-9-7-20(8-10-21)16-4-2-1-3-14(16)18/h1-6,11H,7-10H2. The van der Waals surface area contributed by atoms with E-state index in [-0.39, 0.29) is 23.8 Å². The van der Waals surface area contributed by atoms with Gasteiger partial charge in [-0.1, -0.05) is 12.1 Å². The van der Waals surface area contributed by atoms with Gasteiger partial charge in [0.15, 0.2) is 11.6 Å². The van der Waals surface area contributed by atoms with Crippen LogP contribution in [-0.4, -0.2) is 38.9 Å². The molecule has 2 aromatic rings. The fraction of sp³-hybridized carbons (Fsp3) is 0.250. The first-order valence-corrected chi connectivity index (χ1v) is 8.78. The molecule has 1 aliphatic heterocycles. The predicted molar refractivity (Wildman–Crippen MR) is 83.7 cm³/mol. The van der Waals surface area contributed by atoms with Crippen LogP contribution < -0.4 is 4.90 Å². The van der Waals surface area contributed by atoms with Gasteiger partial charge in [0.2, 0.25) is 10.0 Å². The predicted octanol–water partition coefficient (Wildman–Crippen LogP) is 2.61. The van der Waals surface area contributed by atoms with E-state index in [2.05, 4.69) is 0 Å². The van der Waals surface area contributed by atoms with E-state index in [9.17, 15) is 21.6 Å². The molecule has 24 heavy (non-hydrogen) atoms. The van der Waals surface area contributed by atoms with Crippen molar-refractivity contribution in [2.45, 2.75) is 4.90 Å². The lowest BCUT2D eigenvalue weighted by Crippen LogP contribution is -2.48. The van der Waals surface area contributed by atoms with Crippen molar-refractivity contribution in [3.8, 4) is 0 Å². The number of benzene rings is 2. The quantitative estimate of drug-likeness (QED) is 0.849. The second-order valence-corrected chi connectivity index (χ2v) is 7.36. The van der Waals surface area contributed by atoms with Crippen LogP contribution in [0.3, 0.4) is 0 Å². The Morgan fingerprint density at radius 3 is 2.08 bits per heavy atom. The zero-order valence-corrected chi connectivity index (χ0v) is 13.4. The smallest absolute Gasteiger partial charge is 0.243 e. The van der Waals surface area contributed by atoms with E-state index in [1.165, 1.54) is 10.4 Å². The number of anilines is 1. The number of para-hydroxylation sites is 1. The molecule has 0 amide bonds. The number of piperazine rings is 1. The van der Waals surface area contributed by atoms with Gasteiger partial charge in [0.25, 0.3) is 0 Å². The summed E-state index contributed by atoms with van der Waals surface area (Å²) in [5.41, 5.74) is 0.419. The lowest BCUT2D eigenvalue weighted by Gasteiger charge is -2.35. The Labute approximate surface area is 138 Å². The highest BCUT2D eigenvalue weighted by Crippen LogP contribution is 2.23. The van der Waals surface area contributed by atoms with E-state index < -0.39 is 21.7 Å². The second-order valence-electron chi connectivity index (χ2n) is 5.42. The number of hydrogen-bond acceptors (Lipinski definition) is 3. The van der Waals surface area contributed by atoms with Gasteiger partial charge in [-0.15, -0.1) is 0 Å². The molecule has 0 aromatic heterocycles. The van der Waals surface area contributed by atoms with Crippen LogP contribution in [0.4, 0.5) is 18.9 Å². The Bertz CT molecular complexity index is 850. The van der Waals surface area contributed by atoms with Gasteiger partial charge in [0.1, 0.15) is 5.82 Å². The summed E-state index contributed by atoms with van der Waals surface area (Å²) in [5, 5.41) is 0. The number of nitrogens with zero attached hydrogens (tertiary/aromatic N) is 2. The molecule has 0 aliphatic carbocycles. The largest absolute Gasteiger partial charge is 0.367 e. The molecule has 0 bridgehead atoms. The average Bonchev–Trinajstić information content (AvgIpc) is 2.58. The number of halogens is 3. The van der Waals surface area contributed by atoms with Crippen molar-refractivity contribution in [3.05, 3.63) is 59.9 Å². The Morgan fingerprint density at radius 1 is 0.792 bits per heavy atom. The lowest BCUT2D eigenvalue weighted by atomic mass is 10.2. The summed E-state index contributed by atoms with van der Waals surface area (Å²) in [6, 6.07) is 8.78. The Kier molecular flexibility index (Phi) is 4.51. The first kappa shape index (κ1) is 16.8. The third-order valence-corrected chi connectivity index (χ3v) is 5.86. The van der Waals surface area contributed by atoms with E-state index in [1.807, 2.05) is 0 Å². The van der Waals surface area contributed by atoms with Crippen molar-refractivity contribution < 1.29 is 21.6 Å². The van der Waals surface area contributed by atoms with E-state index in [1.54, 1.807) is 23.1 Å². The van der Waals surface area contributed by atoms with Crippen molar-refractivity contribution in [2.75, 3.05) is 31.1 Å². The monoisotopic (exact) mass is 356 g/mol. The van der Waals surface area contributed by atoms with Gasteiger partial charge in [0, 0.05) is 26.2 Å². The molecule has 0 N–H and O–H groups in total. The average molecular weight is 356 g/mol. The Morgan fingerprint density at radius 2 is 1.46 bits per heavy atom. The molecule has 1 saturated heterocycles. The van der Waals surface area contributed by atoms with Crippen molar-refractivity contribution in [1.82, 2.24) is 4.31 Å². The molecule has 3 rings (SSSR count). The van der Waals surface area contributed by atoms with Gasteiger partial charge in [-0.2, -0.15) is 4.31 Å². The molecule has 0 atom stereocenters. The van der Waals surface area contributed by atoms with Crippen molar-refractivity contribution >= 4 is 15.7 Å². The molecule has 2 aromatic carbocycles. The minimum atomic E-state index is -3.91. The van der Waals surface area contributed by atoms with Crippen molar-refractivity contribution in [3.63, 3.8) is 0 Å². The minimum Gasteiger partial charge on any atom is -0.367 e. The third kappa shape index (κ3) is 3.11. The number of sulfonamides is 1. The molecule has 0 saturated carbocycles. The first-order valence-electron chi connectivity index (χ1n) is 7.34. The summed E-state index contributed by atoms with van der Waals surface area (Å²) < 4.78 is 66.3. The van der Waals surface area contributed by atoms with Crippen molar-refractivity contribution in [2.24, 2.45) is 0 Å². The fourth-order valence-corrected chi connectivity index (χ4v) is 4.10. The molecule has 0 radical (unpaired) electrons. The number of rotatable bonds is 3. The molecule has 4 nitrogen and oxygen atoms in total. The molecular formula is C16H15F3N2O2S. The van der Waals surface area contributed by atoms with Crippen LogP contribution in [0.5, 0.6) is 0 Å². The summed E-state index contributed by atoms with van der Waals surface area (Å²) in [4.78, 5) is 1.47. The van der Waals surface area contributed by atoms with Gasteiger partial charge >= 0.3 is 0 Å². The van der Waals surface area contributed by atoms with E-state index in [0.29, 0.717) is 24.8 Å². The minimum absolute atomic E-state index is 0.135. The molecular weight excluding hydrogens is 341 g/mol. The zero-order valence-electron chi connectivity index (χ0n) is 12.6. The normalized spacial score (nSPS) is 16.4. The highest BCUT2D eigenvalue weighted by molar-refractivity contribution is 7.89. The van der Waals surface area contributed by atoms with Gasteiger partial charge in [-0.05, 0) is 30.3 Å². The Balaban J connectivity index is 1.76. The number of hydrogen-bond donors (Lipinski definition) is 0. The molecule has 0 spiro atoms.